The molecule has 0 atom stereocenters. The summed E-state index contributed by atoms with van der Waals surface area (Å²) in [6.45, 7) is 7.41. The first kappa shape index (κ1) is 18.1. The average molecular weight is 315 g/mol. The van der Waals surface area contributed by atoms with E-state index in [4.69, 9.17) is 4.74 Å². The number of hydrogen-bond acceptors (Lipinski definition) is 5. The maximum Gasteiger partial charge on any atom is 0.409 e. The minimum absolute atomic E-state index is 0.0550. The van der Waals surface area contributed by atoms with Crippen LogP contribution in [-0.2, 0) is 14.3 Å². The molecule has 1 heterocycles. The molecule has 8 nitrogen and oxygen atoms in total. The summed E-state index contributed by atoms with van der Waals surface area (Å²) in [5.74, 6) is -0.0550. The third-order valence-electron chi connectivity index (χ3n) is 3.07. The molecule has 3 amide bonds. The highest BCUT2D eigenvalue weighted by Gasteiger charge is 2.24. The molecule has 1 saturated heterocycles. The zero-order chi connectivity index (χ0) is 16.8. The molecule has 1 aliphatic rings. The van der Waals surface area contributed by atoms with Crippen molar-refractivity contribution in [1.82, 2.24) is 15.1 Å². The van der Waals surface area contributed by atoms with Crippen molar-refractivity contribution >= 4 is 18.1 Å². The second-order valence-corrected chi connectivity index (χ2v) is 6.02. The fraction of sp³-hybridized carbons (Fsp3) is 0.786. The Morgan fingerprint density at radius 3 is 2.09 bits per heavy atom. The molecular weight excluding hydrogens is 290 g/mol. The zero-order valence-corrected chi connectivity index (χ0v) is 13.7. The van der Waals surface area contributed by atoms with Crippen LogP contribution in [0, 0.1) is 0 Å². The summed E-state index contributed by atoms with van der Waals surface area (Å²) in [6.07, 6.45) is -0.702. The first-order valence-corrected chi connectivity index (χ1v) is 7.30. The van der Waals surface area contributed by atoms with Crippen LogP contribution >= 0.6 is 0 Å². The van der Waals surface area contributed by atoms with Crippen LogP contribution in [0.1, 0.15) is 27.2 Å². The van der Waals surface area contributed by atoms with Crippen LogP contribution in [0.5, 0.6) is 0 Å². The molecule has 0 aromatic rings. The van der Waals surface area contributed by atoms with E-state index in [1.54, 1.807) is 30.6 Å². The number of alkyl carbamates (subject to hydrolysis) is 1. The van der Waals surface area contributed by atoms with Crippen LogP contribution in [0.2, 0.25) is 0 Å². The van der Waals surface area contributed by atoms with Crippen LogP contribution in [0.25, 0.3) is 0 Å². The van der Waals surface area contributed by atoms with Crippen molar-refractivity contribution in [3.63, 3.8) is 0 Å². The van der Waals surface area contributed by atoms with Gasteiger partial charge in [-0.15, -0.1) is 0 Å². The number of carbonyl (C=O) groups is 3. The van der Waals surface area contributed by atoms with Crippen LogP contribution in [0.3, 0.4) is 0 Å². The summed E-state index contributed by atoms with van der Waals surface area (Å²) < 4.78 is 9.72. The maximum atomic E-state index is 12.0. The van der Waals surface area contributed by atoms with Crippen molar-refractivity contribution in [2.45, 2.75) is 32.8 Å². The first-order valence-electron chi connectivity index (χ1n) is 7.30. The Morgan fingerprint density at radius 1 is 1.05 bits per heavy atom. The van der Waals surface area contributed by atoms with E-state index >= 15 is 0 Å². The van der Waals surface area contributed by atoms with Crippen LogP contribution in [0.15, 0.2) is 0 Å². The lowest BCUT2D eigenvalue weighted by atomic mass is 10.2. The van der Waals surface area contributed by atoms with Gasteiger partial charge in [0.25, 0.3) is 0 Å². The van der Waals surface area contributed by atoms with Crippen molar-refractivity contribution in [2.75, 3.05) is 39.8 Å². The lowest BCUT2D eigenvalue weighted by Crippen LogP contribution is -2.51. The third kappa shape index (κ3) is 6.19. The summed E-state index contributed by atoms with van der Waals surface area (Å²) in [4.78, 5) is 38.0. The van der Waals surface area contributed by atoms with Crippen LogP contribution in [0.4, 0.5) is 9.59 Å². The van der Waals surface area contributed by atoms with Gasteiger partial charge in [-0.2, -0.15) is 0 Å². The number of ether oxygens (including phenoxy) is 2. The van der Waals surface area contributed by atoms with Crippen molar-refractivity contribution in [3.05, 3.63) is 0 Å². The Labute approximate surface area is 130 Å². The molecule has 0 aromatic carbocycles. The number of methoxy groups -OCH3 is 1. The fourth-order valence-electron chi connectivity index (χ4n) is 2.01. The van der Waals surface area contributed by atoms with Gasteiger partial charge in [-0.1, -0.05) is 0 Å². The van der Waals surface area contributed by atoms with Gasteiger partial charge < -0.3 is 24.6 Å². The van der Waals surface area contributed by atoms with Gasteiger partial charge in [0.15, 0.2) is 0 Å². The molecule has 0 bridgehead atoms. The van der Waals surface area contributed by atoms with Crippen LogP contribution < -0.4 is 5.32 Å². The fourth-order valence-corrected chi connectivity index (χ4v) is 2.01. The topological polar surface area (TPSA) is 88.2 Å². The third-order valence-corrected chi connectivity index (χ3v) is 3.07. The molecule has 126 valence electrons. The molecule has 1 N–H and O–H groups in total. The van der Waals surface area contributed by atoms with Crippen molar-refractivity contribution < 1.29 is 23.9 Å². The van der Waals surface area contributed by atoms with E-state index in [0.29, 0.717) is 26.2 Å². The highest BCUT2D eigenvalue weighted by molar-refractivity contribution is 5.77. The van der Waals surface area contributed by atoms with Gasteiger partial charge in [0.1, 0.15) is 5.60 Å². The lowest BCUT2D eigenvalue weighted by Gasteiger charge is -2.33. The SMILES string of the molecule is COC(=O)N1CCN(C(=O)CCNC(=O)OC(C)(C)C)CC1. The summed E-state index contributed by atoms with van der Waals surface area (Å²) in [7, 11) is 1.34. The maximum absolute atomic E-state index is 12.0. The predicted octanol–water partition coefficient (Wildman–Crippen LogP) is 0.812. The van der Waals surface area contributed by atoms with Crippen molar-refractivity contribution in [3.8, 4) is 0 Å². The Bertz CT molecular complexity index is 411. The molecule has 0 spiro atoms. The smallest absolute Gasteiger partial charge is 0.409 e. The Morgan fingerprint density at radius 2 is 1.59 bits per heavy atom. The summed E-state index contributed by atoms with van der Waals surface area (Å²) in [5, 5.41) is 2.55. The summed E-state index contributed by atoms with van der Waals surface area (Å²) in [5.41, 5.74) is -0.557. The second kappa shape index (κ2) is 7.86. The van der Waals surface area contributed by atoms with Gasteiger partial charge in [0.2, 0.25) is 5.91 Å². The van der Waals surface area contributed by atoms with Gasteiger partial charge in [-0.05, 0) is 20.8 Å². The molecule has 0 aliphatic carbocycles. The molecular formula is C14H25N3O5. The Balaban J connectivity index is 2.24. The van der Waals surface area contributed by atoms with Gasteiger partial charge >= 0.3 is 12.2 Å². The van der Waals surface area contributed by atoms with Gasteiger partial charge in [-0.25, -0.2) is 9.59 Å². The number of hydrogen-bond donors (Lipinski definition) is 1. The van der Waals surface area contributed by atoms with Crippen molar-refractivity contribution in [1.29, 1.82) is 0 Å². The van der Waals surface area contributed by atoms with E-state index in [-0.39, 0.29) is 25.0 Å². The Hall–Kier alpha value is -1.99. The monoisotopic (exact) mass is 315 g/mol. The van der Waals surface area contributed by atoms with E-state index in [0.717, 1.165) is 0 Å². The van der Waals surface area contributed by atoms with E-state index in [9.17, 15) is 14.4 Å². The first-order chi connectivity index (χ1) is 10.2. The zero-order valence-electron chi connectivity index (χ0n) is 13.7. The molecule has 0 saturated carbocycles. The molecule has 22 heavy (non-hydrogen) atoms. The minimum atomic E-state index is -0.557. The summed E-state index contributed by atoms with van der Waals surface area (Å²) >= 11 is 0. The average Bonchev–Trinajstić information content (AvgIpc) is 2.44. The van der Waals surface area contributed by atoms with Gasteiger partial charge in [-0.3, -0.25) is 4.79 Å². The largest absolute Gasteiger partial charge is 0.453 e. The normalized spacial score (nSPS) is 15.3. The minimum Gasteiger partial charge on any atom is -0.453 e. The lowest BCUT2D eigenvalue weighted by molar-refractivity contribution is -0.132. The van der Waals surface area contributed by atoms with Gasteiger partial charge in [0.05, 0.1) is 7.11 Å². The molecule has 0 unspecified atom stereocenters. The quantitative estimate of drug-likeness (QED) is 0.832. The highest BCUT2D eigenvalue weighted by Crippen LogP contribution is 2.07. The molecule has 0 radical (unpaired) electrons. The summed E-state index contributed by atoms with van der Waals surface area (Å²) in [6, 6.07) is 0. The standard InChI is InChI=1S/C14H25N3O5/c1-14(2,3)22-12(19)15-6-5-11(18)16-7-9-17(10-8-16)13(20)21-4/h5-10H2,1-4H3,(H,15,19). The predicted molar refractivity (Wildman–Crippen MR) is 79.4 cm³/mol. The molecule has 1 rings (SSSR count). The molecule has 8 heteroatoms. The molecule has 0 aromatic heterocycles. The number of carbonyl (C=O) groups excluding carboxylic acids is 3. The number of nitrogens with zero attached hydrogens (tertiary/aromatic N) is 2. The number of nitrogens with one attached hydrogen (secondary N) is 1. The van der Waals surface area contributed by atoms with E-state index in [1.165, 1.54) is 7.11 Å². The van der Waals surface area contributed by atoms with E-state index in [2.05, 4.69) is 10.1 Å². The van der Waals surface area contributed by atoms with Crippen molar-refractivity contribution in [2.24, 2.45) is 0 Å². The molecule has 1 aliphatic heterocycles. The highest BCUT2D eigenvalue weighted by atomic mass is 16.6. The Kier molecular flexibility index (Phi) is 6.45. The second-order valence-electron chi connectivity index (χ2n) is 6.02. The number of amides is 3. The van der Waals surface area contributed by atoms with Gasteiger partial charge in [0, 0.05) is 39.1 Å². The number of piperazine rings is 1. The molecule has 1 fully saturated rings. The van der Waals surface area contributed by atoms with E-state index < -0.39 is 11.7 Å². The van der Waals surface area contributed by atoms with E-state index in [1.807, 2.05) is 0 Å². The van der Waals surface area contributed by atoms with Crippen LogP contribution in [-0.4, -0.2) is 73.3 Å². The number of rotatable bonds is 3.